The first-order valence-electron chi connectivity index (χ1n) is 9.52. The zero-order chi connectivity index (χ0) is 23.1. The van der Waals surface area contributed by atoms with Crippen LogP contribution in [0, 0.1) is 17.6 Å². The van der Waals surface area contributed by atoms with Crippen LogP contribution >= 0.6 is 0 Å². The number of carbonyl (C=O) groups is 1. The van der Waals surface area contributed by atoms with Crippen molar-refractivity contribution in [2.24, 2.45) is 5.92 Å². The SMILES string of the molecule is COC1(c2ccc(NC(=O)c3c(F)cccc3F)cc2)C(C(F)(F)F)C=C2C=CC=CN21. The first-order valence-corrected chi connectivity index (χ1v) is 9.52. The summed E-state index contributed by atoms with van der Waals surface area (Å²) in [5, 5.41) is 2.35. The average Bonchev–Trinajstić information content (AvgIpc) is 3.10. The minimum atomic E-state index is -4.60. The van der Waals surface area contributed by atoms with Crippen molar-refractivity contribution in [3.8, 4) is 0 Å². The lowest BCUT2D eigenvalue weighted by molar-refractivity contribution is -0.243. The van der Waals surface area contributed by atoms with Crippen LogP contribution in [-0.2, 0) is 10.5 Å². The lowest BCUT2D eigenvalue weighted by atomic mass is 9.89. The number of hydrogen-bond acceptors (Lipinski definition) is 3. The molecule has 1 N–H and O–H groups in total. The van der Waals surface area contributed by atoms with Crippen LogP contribution in [0.1, 0.15) is 15.9 Å². The van der Waals surface area contributed by atoms with Crippen LogP contribution in [-0.4, -0.2) is 24.1 Å². The molecule has 0 fully saturated rings. The first-order chi connectivity index (χ1) is 15.2. The largest absolute Gasteiger partial charge is 0.400 e. The molecule has 9 heteroatoms. The van der Waals surface area contributed by atoms with E-state index in [0.29, 0.717) is 5.70 Å². The molecule has 0 bridgehead atoms. The highest BCUT2D eigenvalue weighted by Crippen LogP contribution is 2.53. The molecule has 0 saturated carbocycles. The second kappa shape index (κ2) is 7.90. The Bertz CT molecular complexity index is 1120. The molecule has 4 rings (SSSR count). The first kappa shape index (κ1) is 21.8. The number of carbonyl (C=O) groups excluding carboxylic acids is 1. The van der Waals surface area contributed by atoms with Crippen LogP contribution in [0.5, 0.6) is 0 Å². The molecular weight excluding hydrogens is 431 g/mol. The molecule has 0 saturated heterocycles. The second-order valence-electron chi connectivity index (χ2n) is 7.21. The predicted molar refractivity (Wildman–Crippen MR) is 107 cm³/mol. The van der Waals surface area contributed by atoms with Gasteiger partial charge in [-0.05, 0) is 42.5 Å². The standard InChI is InChI=1S/C23H17F5N2O2/c1-32-22(19(23(26,27)28)13-16-5-2-3-12-30(16)22)14-8-10-15(11-9-14)29-21(31)20-17(24)6-4-7-18(20)25/h2-13,19H,1H3,(H,29,31). The lowest BCUT2D eigenvalue weighted by Gasteiger charge is -2.43. The van der Waals surface area contributed by atoms with E-state index in [2.05, 4.69) is 5.32 Å². The van der Waals surface area contributed by atoms with Gasteiger partial charge in [0.25, 0.3) is 5.91 Å². The molecule has 4 nitrogen and oxygen atoms in total. The van der Waals surface area contributed by atoms with E-state index in [-0.39, 0.29) is 11.3 Å². The van der Waals surface area contributed by atoms with Crippen molar-refractivity contribution >= 4 is 11.6 Å². The molecule has 0 spiro atoms. The number of ether oxygens (including phenoxy) is 1. The summed E-state index contributed by atoms with van der Waals surface area (Å²) in [6.07, 6.45) is 2.77. The Kier molecular flexibility index (Phi) is 5.37. The number of fused-ring (bicyclic) bond motifs is 1. The molecular formula is C23H17F5N2O2. The molecule has 0 aromatic heterocycles. The van der Waals surface area contributed by atoms with Crippen molar-refractivity contribution in [3.05, 3.63) is 101 Å². The van der Waals surface area contributed by atoms with Crippen molar-refractivity contribution in [2.75, 3.05) is 12.4 Å². The Balaban J connectivity index is 1.67. The number of allylic oxidation sites excluding steroid dienone is 3. The lowest BCUT2D eigenvalue weighted by Crippen LogP contribution is -2.50. The number of anilines is 1. The minimum Gasteiger partial charge on any atom is -0.353 e. The Morgan fingerprint density at radius 2 is 1.72 bits per heavy atom. The van der Waals surface area contributed by atoms with Gasteiger partial charge in [0.05, 0.1) is 0 Å². The molecule has 32 heavy (non-hydrogen) atoms. The van der Waals surface area contributed by atoms with Gasteiger partial charge in [-0.3, -0.25) is 4.79 Å². The van der Waals surface area contributed by atoms with Gasteiger partial charge in [-0.1, -0.05) is 24.3 Å². The van der Waals surface area contributed by atoms with Gasteiger partial charge in [0, 0.05) is 30.3 Å². The normalized spacial score (nSPS) is 22.0. The third kappa shape index (κ3) is 3.48. The summed E-state index contributed by atoms with van der Waals surface area (Å²) in [7, 11) is 1.19. The summed E-state index contributed by atoms with van der Waals surface area (Å²) < 4.78 is 75.0. The number of nitrogens with zero attached hydrogens (tertiary/aromatic N) is 1. The molecule has 2 aromatic carbocycles. The fraction of sp³-hybridized carbons (Fsp3) is 0.174. The minimum absolute atomic E-state index is 0.150. The van der Waals surface area contributed by atoms with Gasteiger partial charge in [-0.15, -0.1) is 0 Å². The summed E-state index contributed by atoms with van der Waals surface area (Å²) in [5.74, 6) is -5.04. The number of alkyl halides is 3. The maximum absolute atomic E-state index is 14.0. The summed E-state index contributed by atoms with van der Waals surface area (Å²) in [6.45, 7) is 0. The fourth-order valence-electron chi connectivity index (χ4n) is 4.01. The van der Waals surface area contributed by atoms with Crippen molar-refractivity contribution in [1.82, 2.24) is 4.90 Å². The average molecular weight is 448 g/mol. The van der Waals surface area contributed by atoms with E-state index in [1.807, 2.05) is 0 Å². The van der Waals surface area contributed by atoms with Gasteiger partial charge in [-0.25, -0.2) is 8.78 Å². The van der Waals surface area contributed by atoms with Crippen molar-refractivity contribution < 1.29 is 31.5 Å². The summed E-state index contributed by atoms with van der Waals surface area (Å²) >= 11 is 0. The van der Waals surface area contributed by atoms with Gasteiger partial charge in [0.15, 0.2) is 5.72 Å². The Morgan fingerprint density at radius 1 is 1.06 bits per heavy atom. The van der Waals surface area contributed by atoms with Crippen LogP contribution < -0.4 is 5.32 Å². The third-order valence-corrected chi connectivity index (χ3v) is 5.42. The van der Waals surface area contributed by atoms with Crippen LogP contribution in [0.4, 0.5) is 27.6 Å². The number of rotatable bonds is 4. The van der Waals surface area contributed by atoms with E-state index in [1.54, 1.807) is 18.2 Å². The van der Waals surface area contributed by atoms with Crippen molar-refractivity contribution in [1.29, 1.82) is 0 Å². The number of hydrogen-bond donors (Lipinski definition) is 1. The molecule has 2 aromatic rings. The number of amides is 1. The van der Waals surface area contributed by atoms with Crippen LogP contribution in [0.25, 0.3) is 0 Å². The van der Waals surface area contributed by atoms with E-state index in [0.717, 1.165) is 24.3 Å². The number of halogens is 5. The molecule has 1 amide bonds. The Hall–Kier alpha value is -3.46. The quantitative estimate of drug-likeness (QED) is 0.630. The molecule has 0 radical (unpaired) electrons. The maximum Gasteiger partial charge on any atom is 0.400 e. The summed E-state index contributed by atoms with van der Waals surface area (Å²) in [5.41, 5.74) is -1.98. The van der Waals surface area contributed by atoms with E-state index >= 15 is 0 Å². The van der Waals surface area contributed by atoms with E-state index in [9.17, 15) is 26.7 Å². The number of benzene rings is 2. The fourth-order valence-corrected chi connectivity index (χ4v) is 4.01. The highest BCUT2D eigenvalue weighted by atomic mass is 19.4. The van der Waals surface area contributed by atoms with Crippen LogP contribution in [0.3, 0.4) is 0 Å². The monoisotopic (exact) mass is 448 g/mol. The van der Waals surface area contributed by atoms with E-state index < -0.39 is 40.9 Å². The zero-order valence-electron chi connectivity index (χ0n) is 16.7. The Morgan fingerprint density at radius 3 is 2.31 bits per heavy atom. The van der Waals surface area contributed by atoms with Crippen LogP contribution in [0.15, 0.2) is 78.7 Å². The molecule has 2 unspecified atom stereocenters. The summed E-state index contributed by atoms with van der Waals surface area (Å²) in [4.78, 5) is 13.7. The third-order valence-electron chi connectivity index (χ3n) is 5.42. The second-order valence-corrected chi connectivity index (χ2v) is 7.21. The molecule has 2 atom stereocenters. The van der Waals surface area contributed by atoms with Gasteiger partial charge in [0.2, 0.25) is 0 Å². The van der Waals surface area contributed by atoms with Crippen molar-refractivity contribution in [2.45, 2.75) is 11.9 Å². The molecule has 2 aliphatic heterocycles. The van der Waals surface area contributed by atoms with Gasteiger partial charge >= 0.3 is 6.18 Å². The molecule has 2 heterocycles. The summed E-state index contributed by atoms with van der Waals surface area (Å²) in [6, 6.07) is 8.48. The van der Waals surface area contributed by atoms with Crippen LogP contribution in [0.2, 0.25) is 0 Å². The maximum atomic E-state index is 14.0. The number of methoxy groups -OCH3 is 1. The van der Waals surface area contributed by atoms with Gasteiger partial charge in [-0.2, -0.15) is 13.2 Å². The topological polar surface area (TPSA) is 41.6 Å². The smallest absolute Gasteiger partial charge is 0.353 e. The molecule has 166 valence electrons. The molecule has 2 aliphatic rings. The number of nitrogens with one attached hydrogen (secondary N) is 1. The van der Waals surface area contributed by atoms with Crippen molar-refractivity contribution in [3.63, 3.8) is 0 Å². The highest BCUT2D eigenvalue weighted by molar-refractivity contribution is 6.04. The Labute approximate surface area is 180 Å². The van der Waals surface area contributed by atoms with Gasteiger partial charge < -0.3 is 15.0 Å². The van der Waals surface area contributed by atoms with Gasteiger partial charge in [0.1, 0.15) is 23.1 Å². The highest BCUT2D eigenvalue weighted by Gasteiger charge is 2.60. The van der Waals surface area contributed by atoms with E-state index in [4.69, 9.17) is 4.74 Å². The molecule has 0 aliphatic carbocycles. The van der Waals surface area contributed by atoms with E-state index in [1.165, 1.54) is 42.5 Å². The predicted octanol–water partition coefficient (Wildman–Crippen LogP) is 5.48. The zero-order valence-corrected chi connectivity index (χ0v) is 16.7.